The second-order valence-electron chi connectivity index (χ2n) is 4.48. The summed E-state index contributed by atoms with van der Waals surface area (Å²) in [7, 11) is 0. The lowest BCUT2D eigenvalue weighted by atomic mass is 10.1. The van der Waals surface area contributed by atoms with Crippen molar-refractivity contribution >= 4 is 11.9 Å². The highest BCUT2D eigenvalue weighted by Gasteiger charge is 2.02. The molecule has 0 aliphatic rings. The number of carbonyl (C=O) groups is 1. The van der Waals surface area contributed by atoms with Crippen molar-refractivity contribution in [1.82, 2.24) is 0 Å². The van der Waals surface area contributed by atoms with Gasteiger partial charge in [-0.3, -0.25) is 4.79 Å². The van der Waals surface area contributed by atoms with Crippen LogP contribution in [0.1, 0.15) is 29.3 Å². The smallest absolute Gasteiger partial charge is 0.185 e. The first-order chi connectivity index (χ1) is 9.79. The standard InChI is InChI=1S/C18H18O2/c1-2-14-20-17-11-9-16(10-12-17)18(19)13-8-15-6-4-3-5-7-15/h3-13H,2,14H2,1H3. The number of carbonyl (C=O) groups excluding carboxylic acids is 1. The molecule has 2 heteroatoms. The average molecular weight is 266 g/mol. The first-order valence-electron chi connectivity index (χ1n) is 6.80. The van der Waals surface area contributed by atoms with Crippen LogP contribution in [0.3, 0.4) is 0 Å². The highest BCUT2D eigenvalue weighted by Crippen LogP contribution is 2.13. The molecule has 2 nitrogen and oxygen atoms in total. The average Bonchev–Trinajstić information content (AvgIpc) is 2.52. The van der Waals surface area contributed by atoms with Gasteiger partial charge in [-0.1, -0.05) is 43.3 Å². The normalized spacial score (nSPS) is 10.7. The van der Waals surface area contributed by atoms with Crippen LogP contribution in [-0.2, 0) is 0 Å². The van der Waals surface area contributed by atoms with Gasteiger partial charge in [-0.05, 0) is 42.3 Å². The van der Waals surface area contributed by atoms with E-state index < -0.39 is 0 Å². The van der Waals surface area contributed by atoms with Crippen molar-refractivity contribution in [2.24, 2.45) is 0 Å². The van der Waals surface area contributed by atoms with E-state index in [2.05, 4.69) is 6.92 Å². The number of ether oxygens (including phenoxy) is 1. The first-order valence-corrected chi connectivity index (χ1v) is 6.80. The summed E-state index contributed by atoms with van der Waals surface area (Å²) >= 11 is 0. The van der Waals surface area contributed by atoms with Crippen LogP contribution < -0.4 is 4.74 Å². The Hall–Kier alpha value is -2.35. The van der Waals surface area contributed by atoms with E-state index in [9.17, 15) is 4.79 Å². The third kappa shape index (κ3) is 4.09. The maximum Gasteiger partial charge on any atom is 0.185 e. The van der Waals surface area contributed by atoms with Crippen LogP contribution in [0.25, 0.3) is 6.08 Å². The Kier molecular flexibility index (Phi) is 5.13. The number of hydrogen-bond donors (Lipinski definition) is 0. The second kappa shape index (κ2) is 7.29. The van der Waals surface area contributed by atoms with Gasteiger partial charge < -0.3 is 4.74 Å². The molecule has 0 atom stereocenters. The van der Waals surface area contributed by atoms with E-state index in [1.54, 1.807) is 18.2 Å². The van der Waals surface area contributed by atoms with Crippen LogP contribution >= 0.6 is 0 Å². The van der Waals surface area contributed by atoms with Crippen LogP contribution in [-0.4, -0.2) is 12.4 Å². The minimum Gasteiger partial charge on any atom is -0.494 e. The van der Waals surface area contributed by atoms with Crippen molar-refractivity contribution in [2.45, 2.75) is 13.3 Å². The molecule has 0 aliphatic heterocycles. The Morgan fingerprint density at radius 2 is 1.75 bits per heavy atom. The van der Waals surface area contributed by atoms with Crippen LogP contribution in [0, 0.1) is 0 Å². The molecule has 0 N–H and O–H groups in total. The summed E-state index contributed by atoms with van der Waals surface area (Å²) in [4.78, 5) is 12.0. The lowest BCUT2D eigenvalue weighted by Gasteiger charge is -2.04. The molecule has 0 saturated heterocycles. The monoisotopic (exact) mass is 266 g/mol. The second-order valence-corrected chi connectivity index (χ2v) is 4.48. The molecule has 20 heavy (non-hydrogen) atoms. The van der Waals surface area contributed by atoms with Crippen molar-refractivity contribution in [3.8, 4) is 5.75 Å². The summed E-state index contributed by atoms with van der Waals surface area (Å²) in [5.41, 5.74) is 1.68. The third-order valence-corrected chi connectivity index (χ3v) is 2.84. The zero-order chi connectivity index (χ0) is 14.2. The zero-order valence-electron chi connectivity index (χ0n) is 11.6. The van der Waals surface area contributed by atoms with Crippen LogP contribution in [0.5, 0.6) is 5.75 Å². The molecule has 0 saturated carbocycles. The lowest BCUT2D eigenvalue weighted by Crippen LogP contribution is -1.97. The molecular formula is C18H18O2. The van der Waals surface area contributed by atoms with Gasteiger partial charge >= 0.3 is 0 Å². The zero-order valence-corrected chi connectivity index (χ0v) is 11.6. The minimum absolute atomic E-state index is 0.00380. The number of rotatable bonds is 6. The lowest BCUT2D eigenvalue weighted by molar-refractivity contribution is 0.104. The molecule has 0 spiro atoms. The van der Waals surface area contributed by atoms with E-state index in [4.69, 9.17) is 4.74 Å². The number of allylic oxidation sites excluding steroid dienone is 1. The van der Waals surface area contributed by atoms with Crippen molar-refractivity contribution in [2.75, 3.05) is 6.61 Å². The molecule has 0 radical (unpaired) electrons. The molecule has 2 aromatic rings. The highest BCUT2D eigenvalue weighted by molar-refractivity contribution is 6.06. The van der Waals surface area contributed by atoms with Gasteiger partial charge in [0.25, 0.3) is 0 Å². The molecule has 0 heterocycles. The maximum absolute atomic E-state index is 12.0. The SMILES string of the molecule is CCCOc1ccc(C(=O)C=Cc2ccccc2)cc1. The Labute approximate surface area is 119 Å². The fourth-order valence-electron chi connectivity index (χ4n) is 1.77. The van der Waals surface area contributed by atoms with E-state index in [0.29, 0.717) is 12.2 Å². The minimum atomic E-state index is -0.00380. The molecule has 2 rings (SSSR count). The Balaban J connectivity index is 2.00. The van der Waals surface area contributed by atoms with Gasteiger partial charge in [0, 0.05) is 5.56 Å². The molecule has 0 bridgehead atoms. The summed E-state index contributed by atoms with van der Waals surface area (Å²) in [5, 5.41) is 0. The summed E-state index contributed by atoms with van der Waals surface area (Å²) in [6, 6.07) is 17.0. The molecule has 0 amide bonds. The summed E-state index contributed by atoms with van der Waals surface area (Å²) < 4.78 is 5.49. The van der Waals surface area contributed by atoms with Gasteiger partial charge in [0.05, 0.1) is 6.61 Å². The van der Waals surface area contributed by atoms with Crippen molar-refractivity contribution in [1.29, 1.82) is 0 Å². The number of benzene rings is 2. The molecular weight excluding hydrogens is 248 g/mol. The quantitative estimate of drug-likeness (QED) is 0.573. The van der Waals surface area contributed by atoms with E-state index >= 15 is 0 Å². The molecule has 0 fully saturated rings. The van der Waals surface area contributed by atoms with Crippen LogP contribution in [0.4, 0.5) is 0 Å². The van der Waals surface area contributed by atoms with Gasteiger partial charge in [-0.25, -0.2) is 0 Å². The van der Waals surface area contributed by atoms with Crippen molar-refractivity contribution < 1.29 is 9.53 Å². The van der Waals surface area contributed by atoms with Crippen molar-refractivity contribution in [3.63, 3.8) is 0 Å². The highest BCUT2D eigenvalue weighted by atomic mass is 16.5. The van der Waals surface area contributed by atoms with Crippen LogP contribution in [0.15, 0.2) is 60.7 Å². The Morgan fingerprint density at radius 1 is 1.05 bits per heavy atom. The van der Waals surface area contributed by atoms with Gasteiger partial charge in [0.1, 0.15) is 5.75 Å². The van der Waals surface area contributed by atoms with Gasteiger partial charge in [-0.2, -0.15) is 0 Å². The molecule has 2 aromatic carbocycles. The van der Waals surface area contributed by atoms with E-state index in [0.717, 1.165) is 17.7 Å². The van der Waals surface area contributed by atoms with Gasteiger partial charge in [0.15, 0.2) is 5.78 Å². The summed E-state index contributed by atoms with van der Waals surface area (Å²) in [5.74, 6) is 0.798. The first kappa shape index (κ1) is 14.1. The fourth-order valence-corrected chi connectivity index (χ4v) is 1.77. The topological polar surface area (TPSA) is 26.3 Å². The fraction of sp³-hybridized carbons (Fsp3) is 0.167. The largest absolute Gasteiger partial charge is 0.494 e. The number of hydrogen-bond acceptors (Lipinski definition) is 2. The Morgan fingerprint density at radius 3 is 2.40 bits per heavy atom. The maximum atomic E-state index is 12.0. The molecule has 102 valence electrons. The van der Waals surface area contributed by atoms with Crippen molar-refractivity contribution in [3.05, 3.63) is 71.8 Å². The van der Waals surface area contributed by atoms with Crippen LogP contribution in [0.2, 0.25) is 0 Å². The predicted octanol–water partition coefficient (Wildman–Crippen LogP) is 4.37. The van der Waals surface area contributed by atoms with E-state index in [1.165, 1.54) is 0 Å². The Bertz CT molecular complexity index is 568. The molecule has 0 aliphatic carbocycles. The molecule has 0 aromatic heterocycles. The number of ketones is 1. The van der Waals surface area contributed by atoms with E-state index in [-0.39, 0.29) is 5.78 Å². The van der Waals surface area contributed by atoms with E-state index in [1.807, 2.05) is 48.5 Å². The van der Waals surface area contributed by atoms with Gasteiger partial charge in [-0.15, -0.1) is 0 Å². The predicted molar refractivity (Wildman–Crippen MR) is 82.0 cm³/mol. The summed E-state index contributed by atoms with van der Waals surface area (Å²) in [6.07, 6.45) is 4.39. The summed E-state index contributed by atoms with van der Waals surface area (Å²) in [6.45, 7) is 2.76. The third-order valence-electron chi connectivity index (χ3n) is 2.84. The molecule has 0 unspecified atom stereocenters. The van der Waals surface area contributed by atoms with Gasteiger partial charge in [0.2, 0.25) is 0 Å².